The van der Waals surface area contributed by atoms with Crippen LogP contribution in [-0.4, -0.2) is 16.3 Å². The van der Waals surface area contributed by atoms with Gasteiger partial charge < -0.3 is 15.0 Å². The lowest BCUT2D eigenvalue weighted by atomic mass is 10.1. The maximum Gasteiger partial charge on any atom is 0.0626 e. The summed E-state index contributed by atoms with van der Waals surface area (Å²) in [5, 5.41) is 12.9. The van der Waals surface area contributed by atoms with Crippen molar-refractivity contribution in [1.82, 2.24) is 9.88 Å². The first-order valence-electron chi connectivity index (χ1n) is 6.87. The first-order chi connectivity index (χ1) is 9.33. The molecule has 0 radical (unpaired) electrons. The molecule has 2 aromatic rings. The minimum atomic E-state index is -0.00396. The topological polar surface area (TPSA) is 37.2 Å². The number of aromatic nitrogens is 1. The molecule has 0 aliphatic heterocycles. The number of rotatable bonds is 7. The van der Waals surface area contributed by atoms with E-state index in [0.717, 1.165) is 25.1 Å². The molecule has 1 aromatic heterocycles. The molecule has 3 nitrogen and oxygen atoms in total. The van der Waals surface area contributed by atoms with Gasteiger partial charge in [-0.2, -0.15) is 0 Å². The second-order valence-corrected chi connectivity index (χ2v) is 4.78. The Hall–Kier alpha value is -1.58. The smallest absolute Gasteiger partial charge is 0.0626 e. The summed E-state index contributed by atoms with van der Waals surface area (Å²) < 4.78 is 2.20. The van der Waals surface area contributed by atoms with Crippen LogP contribution in [-0.2, 0) is 13.1 Å². The third-order valence-electron chi connectivity index (χ3n) is 3.23. The highest BCUT2D eigenvalue weighted by Gasteiger charge is 2.09. The van der Waals surface area contributed by atoms with Gasteiger partial charge in [0.2, 0.25) is 0 Å². The molecule has 0 saturated carbocycles. The summed E-state index contributed by atoms with van der Waals surface area (Å²) in [5.41, 5.74) is 2.38. The van der Waals surface area contributed by atoms with Crippen molar-refractivity contribution in [3.8, 4) is 0 Å². The monoisotopic (exact) mass is 258 g/mol. The van der Waals surface area contributed by atoms with Gasteiger partial charge in [-0.25, -0.2) is 0 Å². The lowest BCUT2D eigenvalue weighted by Gasteiger charge is -2.16. The Morgan fingerprint density at radius 1 is 1.21 bits per heavy atom. The molecular weight excluding hydrogens is 236 g/mol. The maximum absolute atomic E-state index is 9.48. The van der Waals surface area contributed by atoms with Crippen LogP contribution in [0.15, 0.2) is 48.8 Å². The number of nitrogens with zero attached hydrogens (tertiary/aromatic N) is 1. The lowest BCUT2D eigenvalue weighted by Crippen LogP contribution is -2.23. The molecule has 0 aliphatic carbocycles. The van der Waals surface area contributed by atoms with Crippen molar-refractivity contribution in [3.63, 3.8) is 0 Å². The van der Waals surface area contributed by atoms with Crippen molar-refractivity contribution in [2.75, 3.05) is 6.61 Å². The summed E-state index contributed by atoms with van der Waals surface area (Å²) in [5.74, 6) is 0. The van der Waals surface area contributed by atoms with Gasteiger partial charge in [0, 0.05) is 25.5 Å². The third kappa shape index (κ3) is 3.94. The van der Waals surface area contributed by atoms with E-state index in [1.807, 2.05) is 30.3 Å². The molecular formula is C16H22N2O. The molecule has 0 spiro atoms. The molecule has 19 heavy (non-hydrogen) atoms. The van der Waals surface area contributed by atoms with Crippen LogP contribution in [0.1, 0.15) is 30.5 Å². The third-order valence-corrected chi connectivity index (χ3v) is 3.23. The van der Waals surface area contributed by atoms with E-state index in [-0.39, 0.29) is 12.6 Å². The summed E-state index contributed by atoms with van der Waals surface area (Å²) in [7, 11) is 0. The van der Waals surface area contributed by atoms with E-state index in [0.29, 0.717) is 0 Å². The van der Waals surface area contributed by atoms with Crippen molar-refractivity contribution in [3.05, 3.63) is 59.9 Å². The van der Waals surface area contributed by atoms with E-state index in [9.17, 15) is 5.11 Å². The predicted molar refractivity (Wildman–Crippen MR) is 77.8 cm³/mol. The molecule has 2 rings (SSSR count). The van der Waals surface area contributed by atoms with Gasteiger partial charge >= 0.3 is 0 Å². The summed E-state index contributed by atoms with van der Waals surface area (Å²) in [6.07, 6.45) is 5.41. The average Bonchev–Trinajstić information content (AvgIpc) is 2.89. The zero-order valence-electron chi connectivity index (χ0n) is 11.4. The number of benzene rings is 1. The SMILES string of the molecule is CCCn1ccc(CNC(CO)c2ccccc2)c1. The molecule has 1 aromatic carbocycles. The van der Waals surface area contributed by atoms with Crippen molar-refractivity contribution < 1.29 is 5.11 Å². The summed E-state index contributed by atoms with van der Waals surface area (Å²) in [6, 6.07) is 12.2. The number of hydrogen-bond donors (Lipinski definition) is 2. The lowest BCUT2D eigenvalue weighted by molar-refractivity contribution is 0.243. The standard InChI is InChI=1S/C16H22N2O/c1-2-9-18-10-8-14(12-18)11-17-16(13-19)15-6-4-3-5-7-15/h3-8,10,12,16-17,19H,2,9,11,13H2,1H3. The minimum absolute atomic E-state index is 0.00396. The van der Waals surface area contributed by atoms with Crippen LogP contribution in [0.5, 0.6) is 0 Å². The van der Waals surface area contributed by atoms with Crippen molar-refractivity contribution in [2.24, 2.45) is 0 Å². The number of aliphatic hydroxyl groups is 1. The van der Waals surface area contributed by atoms with Crippen molar-refractivity contribution in [2.45, 2.75) is 32.5 Å². The highest BCUT2D eigenvalue weighted by atomic mass is 16.3. The van der Waals surface area contributed by atoms with E-state index < -0.39 is 0 Å². The van der Waals surface area contributed by atoms with Gasteiger partial charge in [0.05, 0.1) is 12.6 Å². The Morgan fingerprint density at radius 3 is 2.68 bits per heavy atom. The first kappa shape index (κ1) is 13.8. The fourth-order valence-corrected chi connectivity index (χ4v) is 2.21. The van der Waals surface area contributed by atoms with Crippen LogP contribution >= 0.6 is 0 Å². The van der Waals surface area contributed by atoms with Gasteiger partial charge in [0.25, 0.3) is 0 Å². The molecule has 0 saturated heterocycles. The molecule has 3 heteroatoms. The average molecular weight is 258 g/mol. The van der Waals surface area contributed by atoms with Crippen LogP contribution in [0.3, 0.4) is 0 Å². The molecule has 102 valence electrons. The molecule has 0 amide bonds. The molecule has 0 fully saturated rings. The maximum atomic E-state index is 9.48. The van der Waals surface area contributed by atoms with Gasteiger partial charge in [-0.15, -0.1) is 0 Å². The Labute approximate surface area is 114 Å². The Bertz CT molecular complexity index is 479. The second kappa shape index (κ2) is 7.12. The molecule has 1 unspecified atom stereocenters. The van der Waals surface area contributed by atoms with Gasteiger partial charge in [-0.3, -0.25) is 0 Å². The normalized spacial score (nSPS) is 12.5. The Kier molecular flexibility index (Phi) is 5.19. The first-order valence-corrected chi connectivity index (χ1v) is 6.87. The summed E-state index contributed by atoms with van der Waals surface area (Å²) in [4.78, 5) is 0. The quantitative estimate of drug-likeness (QED) is 0.801. The van der Waals surface area contributed by atoms with Gasteiger partial charge in [0.15, 0.2) is 0 Å². The van der Waals surface area contributed by atoms with Gasteiger partial charge in [-0.1, -0.05) is 37.3 Å². The zero-order valence-corrected chi connectivity index (χ0v) is 11.4. The summed E-state index contributed by atoms with van der Waals surface area (Å²) >= 11 is 0. The van der Waals surface area contributed by atoms with Crippen molar-refractivity contribution in [1.29, 1.82) is 0 Å². The van der Waals surface area contributed by atoms with Crippen LogP contribution < -0.4 is 5.32 Å². The fourth-order valence-electron chi connectivity index (χ4n) is 2.21. The second-order valence-electron chi connectivity index (χ2n) is 4.78. The van der Waals surface area contributed by atoms with Gasteiger partial charge in [0.1, 0.15) is 0 Å². The highest BCUT2D eigenvalue weighted by molar-refractivity contribution is 5.19. The van der Waals surface area contributed by atoms with Crippen LogP contribution in [0.4, 0.5) is 0 Å². The fraction of sp³-hybridized carbons (Fsp3) is 0.375. The van der Waals surface area contributed by atoms with E-state index in [4.69, 9.17) is 0 Å². The zero-order chi connectivity index (χ0) is 13.5. The number of aryl methyl sites for hydroxylation is 1. The van der Waals surface area contributed by atoms with E-state index in [2.05, 4.69) is 35.3 Å². The molecule has 1 heterocycles. The van der Waals surface area contributed by atoms with E-state index >= 15 is 0 Å². The van der Waals surface area contributed by atoms with E-state index in [1.165, 1.54) is 5.56 Å². The highest BCUT2D eigenvalue weighted by Crippen LogP contribution is 2.13. The summed E-state index contributed by atoms with van der Waals surface area (Å²) in [6.45, 7) is 4.12. The number of nitrogens with one attached hydrogen (secondary N) is 1. The largest absolute Gasteiger partial charge is 0.394 e. The van der Waals surface area contributed by atoms with Crippen molar-refractivity contribution >= 4 is 0 Å². The molecule has 0 aliphatic rings. The van der Waals surface area contributed by atoms with Crippen LogP contribution in [0, 0.1) is 0 Å². The van der Waals surface area contributed by atoms with Crippen LogP contribution in [0.2, 0.25) is 0 Å². The van der Waals surface area contributed by atoms with Gasteiger partial charge in [-0.05, 0) is 23.6 Å². The molecule has 0 bridgehead atoms. The van der Waals surface area contributed by atoms with Crippen LogP contribution in [0.25, 0.3) is 0 Å². The Balaban J connectivity index is 1.92. The minimum Gasteiger partial charge on any atom is -0.394 e. The van der Waals surface area contributed by atoms with E-state index in [1.54, 1.807) is 0 Å². The predicted octanol–water partition coefficient (Wildman–Crippen LogP) is 2.72. The number of hydrogen-bond acceptors (Lipinski definition) is 2. The Morgan fingerprint density at radius 2 is 2.00 bits per heavy atom. The molecule has 2 N–H and O–H groups in total. The molecule has 1 atom stereocenters. The number of aliphatic hydroxyl groups excluding tert-OH is 1.